The van der Waals surface area contributed by atoms with E-state index in [-0.39, 0.29) is 0 Å². The summed E-state index contributed by atoms with van der Waals surface area (Å²) in [5.74, 6) is 0. The Balaban J connectivity index is 1.56. The average molecular weight is 695 g/mol. The first-order valence-electron chi connectivity index (χ1n) is 18.1. The lowest BCUT2D eigenvalue weighted by atomic mass is 10.0. The van der Waals surface area contributed by atoms with E-state index in [1.165, 1.54) is 63.0 Å². The van der Waals surface area contributed by atoms with Crippen LogP contribution in [0.15, 0.2) is 231 Å². The van der Waals surface area contributed by atoms with Crippen molar-refractivity contribution in [1.29, 1.82) is 0 Å². The smallest absolute Gasteiger partial charge is 0.0623 e. The molecule has 9 rings (SSSR count). The highest BCUT2D eigenvalue weighted by molar-refractivity contribution is 7.23. The lowest BCUT2D eigenvalue weighted by molar-refractivity contribution is 1.67. The van der Waals surface area contributed by atoms with E-state index >= 15 is 0 Å². The molecule has 9 aromatic rings. The van der Waals surface area contributed by atoms with E-state index in [0.29, 0.717) is 0 Å². The van der Waals surface area contributed by atoms with Crippen LogP contribution in [0, 0.1) is 0 Å². The highest BCUT2D eigenvalue weighted by atomic mass is 28.3. The fourth-order valence-corrected chi connectivity index (χ4v) is 19.3. The quantitative estimate of drug-likeness (QED) is 0.0939. The maximum Gasteiger partial charge on any atom is 0.180 e. The Morgan fingerprint density at radius 2 is 0.327 bits per heavy atom. The van der Waals surface area contributed by atoms with Crippen molar-refractivity contribution in [2.75, 3.05) is 0 Å². The van der Waals surface area contributed by atoms with Crippen LogP contribution in [-0.2, 0) is 0 Å². The van der Waals surface area contributed by atoms with Gasteiger partial charge in [-0.2, -0.15) is 0 Å². The predicted octanol–water partition coefficient (Wildman–Crippen LogP) is 6.75. The van der Waals surface area contributed by atoms with Gasteiger partial charge in [0.05, 0.1) is 0 Å². The molecule has 0 nitrogen and oxygen atoms in total. The minimum Gasteiger partial charge on any atom is -0.0623 e. The van der Waals surface area contributed by atoms with Crippen molar-refractivity contribution in [2.45, 2.75) is 0 Å². The van der Waals surface area contributed by atoms with Crippen LogP contribution in [-0.4, -0.2) is 16.1 Å². The Morgan fingerprint density at radius 1 is 0.173 bits per heavy atom. The second-order valence-electron chi connectivity index (χ2n) is 13.5. The molecule has 0 N–H and O–H groups in total. The second kappa shape index (κ2) is 13.6. The highest BCUT2D eigenvalue weighted by Crippen LogP contribution is 2.27. The highest BCUT2D eigenvalue weighted by Gasteiger charge is 2.47. The fraction of sp³-hybridized carbons (Fsp3) is 0. The molecule has 0 amide bonds. The minimum atomic E-state index is -2.93. The summed E-state index contributed by atoms with van der Waals surface area (Å²) in [6.45, 7) is 0. The maximum absolute atomic E-state index is 2.93. The van der Waals surface area contributed by atoms with Gasteiger partial charge in [0.25, 0.3) is 0 Å². The van der Waals surface area contributed by atoms with Crippen LogP contribution in [0.2, 0.25) is 0 Å². The van der Waals surface area contributed by atoms with E-state index in [2.05, 4.69) is 231 Å². The molecule has 0 aliphatic rings. The zero-order valence-electron chi connectivity index (χ0n) is 28.9. The molecule has 0 atom stereocenters. The van der Waals surface area contributed by atoms with Crippen molar-refractivity contribution in [2.24, 2.45) is 0 Å². The molecular formula is C50H38Si2. The first kappa shape index (κ1) is 31.9. The molecule has 0 spiro atoms. The molecule has 0 aliphatic carbocycles. The van der Waals surface area contributed by atoms with Crippen LogP contribution in [0.5, 0.6) is 0 Å². The molecule has 0 bridgehead atoms. The summed E-state index contributed by atoms with van der Waals surface area (Å²) in [5.41, 5.74) is 0. The van der Waals surface area contributed by atoms with Gasteiger partial charge in [0, 0.05) is 0 Å². The van der Waals surface area contributed by atoms with E-state index in [4.69, 9.17) is 0 Å². The van der Waals surface area contributed by atoms with Crippen LogP contribution in [0.1, 0.15) is 0 Å². The molecule has 0 radical (unpaired) electrons. The summed E-state index contributed by atoms with van der Waals surface area (Å²) < 4.78 is 0. The van der Waals surface area contributed by atoms with E-state index in [9.17, 15) is 0 Å². The van der Waals surface area contributed by atoms with Gasteiger partial charge in [0.2, 0.25) is 0 Å². The lowest BCUT2D eigenvalue weighted by Gasteiger charge is -2.40. The van der Waals surface area contributed by atoms with Crippen LogP contribution in [0.3, 0.4) is 0 Å². The third kappa shape index (κ3) is 4.95. The average Bonchev–Trinajstić information content (AvgIpc) is 3.24. The lowest BCUT2D eigenvalue weighted by Crippen LogP contribution is -2.77. The standard InChI is InChI=1S/C50H38Si2/c1-7-23-39(24-8-1)51(40-25-9-2-10-26-40,41-27-11-3-12-28-41)49-45-35-19-21-37-47(45)50(48-38-22-20-36-46(48)49)52(42-29-13-4-14-30-42,43-31-15-5-16-32-43)44-33-17-6-18-34-44/h1-38H. The molecule has 0 saturated carbocycles. The zero-order valence-corrected chi connectivity index (χ0v) is 30.9. The largest absolute Gasteiger partial charge is 0.180 e. The van der Waals surface area contributed by atoms with Gasteiger partial charge in [-0.05, 0) is 63.0 Å². The van der Waals surface area contributed by atoms with Gasteiger partial charge < -0.3 is 0 Å². The Bertz CT molecular complexity index is 2150. The minimum absolute atomic E-state index is 1.33. The van der Waals surface area contributed by atoms with Crippen molar-refractivity contribution in [3.8, 4) is 0 Å². The third-order valence-corrected chi connectivity index (χ3v) is 20.7. The molecule has 0 saturated heterocycles. The molecule has 246 valence electrons. The van der Waals surface area contributed by atoms with E-state index in [1.54, 1.807) is 0 Å². The van der Waals surface area contributed by atoms with Gasteiger partial charge in [-0.25, -0.2) is 0 Å². The summed E-state index contributed by atoms with van der Waals surface area (Å²) in [5, 5.41) is 16.5. The molecule has 52 heavy (non-hydrogen) atoms. The first-order valence-corrected chi connectivity index (χ1v) is 22.1. The van der Waals surface area contributed by atoms with Crippen LogP contribution in [0.25, 0.3) is 21.5 Å². The van der Waals surface area contributed by atoms with Crippen molar-refractivity contribution in [1.82, 2.24) is 0 Å². The number of hydrogen-bond donors (Lipinski definition) is 0. The van der Waals surface area contributed by atoms with Crippen molar-refractivity contribution in [3.63, 3.8) is 0 Å². The summed E-state index contributed by atoms with van der Waals surface area (Å²) in [6, 6.07) is 86.7. The zero-order chi connectivity index (χ0) is 34.8. The molecule has 9 aromatic carbocycles. The fourth-order valence-electron chi connectivity index (χ4n) is 8.93. The van der Waals surface area contributed by atoms with Crippen LogP contribution < -0.4 is 41.5 Å². The van der Waals surface area contributed by atoms with Gasteiger partial charge in [-0.1, -0.05) is 231 Å². The van der Waals surface area contributed by atoms with Gasteiger partial charge in [-0.15, -0.1) is 0 Å². The van der Waals surface area contributed by atoms with Gasteiger partial charge in [-0.3, -0.25) is 0 Å². The van der Waals surface area contributed by atoms with E-state index in [0.717, 1.165) is 0 Å². The van der Waals surface area contributed by atoms with Gasteiger partial charge in [0.15, 0.2) is 16.1 Å². The SMILES string of the molecule is c1ccc([Si](c2ccccc2)(c2ccccc2)c2c3ccccc3c([Si](c3ccccc3)(c3ccccc3)c3ccccc3)c3ccccc23)cc1. The van der Waals surface area contributed by atoms with Gasteiger partial charge >= 0.3 is 0 Å². The Morgan fingerprint density at radius 3 is 0.500 bits per heavy atom. The summed E-state index contributed by atoms with van der Waals surface area (Å²) in [4.78, 5) is 0. The molecule has 0 fully saturated rings. The number of benzene rings is 9. The molecule has 0 heterocycles. The number of fused-ring (bicyclic) bond motifs is 2. The topological polar surface area (TPSA) is 0 Å². The van der Waals surface area contributed by atoms with Crippen LogP contribution in [0.4, 0.5) is 0 Å². The number of hydrogen-bond acceptors (Lipinski definition) is 0. The van der Waals surface area contributed by atoms with Crippen molar-refractivity contribution in [3.05, 3.63) is 231 Å². The predicted molar refractivity (Wildman–Crippen MR) is 229 cm³/mol. The number of rotatable bonds is 8. The maximum atomic E-state index is 2.41. The van der Waals surface area contributed by atoms with Crippen molar-refractivity contribution < 1.29 is 0 Å². The molecule has 0 aliphatic heterocycles. The summed E-state index contributed by atoms with van der Waals surface area (Å²) in [7, 11) is -5.87. The van der Waals surface area contributed by atoms with E-state index in [1.807, 2.05) is 0 Å². The normalized spacial score (nSPS) is 11.8. The van der Waals surface area contributed by atoms with E-state index < -0.39 is 16.1 Å². The molecule has 2 heteroatoms. The third-order valence-electron chi connectivity index (χ3n) is 10.9. The Hall–Kier alpha value is -6.07. The Kier molecular flexibility index (Phi) is 8.32. The Labute approximate surface area is 308 Å². The van der Waals surface area contributed by atoms with Gasteiger partial charge in [0.1, 0.15) is 0 Å². The second-order valence-corrected chi connectivity index (χ2v) is 21.0. The van der Waals surface area contributed by atoms with Crippen molar-refractivity contribution >= 4 is 79.2 Å². The molecule has 0 unspecified atom stereocenters. The summed E-state index contributed by atoms with van der Waals surface area (Å²) in [6.07, 6.45) is 0. The summed E-state index contributed by atoms with van der Waals surface area (Å²) >= 11 is 0. The van der Waals surface area contributed by atoms with Crippen LogP contribution >= 0.6 is 0 Å². The molecule has 0 aromatic heterocycles. The first-order chi connectivity index (χ1) is 25.8. The molecular weight excluding hydrogens is 657 g/mol. The monoisotopic (exact) mass is 694 g/mol.